The normalized spacial score (nSPS) is 50.2. The van der Waals surface area contributed by atoms with Crippen LogP contribution in [0.25, 0.3) is 0 Å². The predicted octanol–water partition coefficient (Wildman–Crippen LogP) is -9.58. The molecular weight excluding hydrogens is 820 g/mol. The Morgan fingerprint density at radius 3 is 1.47 bits per heavy atom. The zero-order valence-electron chi connectivity index (χ0n) is 32.9. The molecule has 0 saturated carbocycles. The third kappa shape index (κ3) is 10.5. The van der Waals surface area contributed by atoms with Crippen LogP contribution in [0.4, 0.5) is 0 Å². The molecule has 60 heavy (non-hydrogen) atoms. The van der Waals surface area contributed by atoms with Crippen molar-refractivity contribution in [3.63, 3.8) is 0 Å². The van der Waals surface area contributed by atoms with Crippen LogP contribution >= 0.6 is 0 Å². The van der Waals surface area contributed by atoms with Crippen molar-refractivity contribution in [2.45, 2.75) is 181 Å². The van der Waals surface area contributed by atoms with E-state index in [1.807, 2.05) is 0 Å². The van der Waals surface area contributed by atoms with Crippen LogP contribution in [0.1, 0.15) is 27.7 Å². The highest BCUT2D eigenvalue weighted by Crippen LogP contribution is 2.35. The van der Waals surface area contributed by atoms with Gasteiger partial charge in [0.25, 0.3) is 0 Å². The van der Waals surface area contributed by atoms with Crippen molar-refractivity contribution < 1.29 is 119 Å². The Morgan fingerprint density at radius 2 is 0.917 bits per heavy atom. The van der Waals surface area contributed by atoms with Crippen molar-refractivity contribution >= 4 is 11.8 Å². The third-order valence-corrected chi connectivity index (χ3v) is 11.0. The van der Waals surface area contributed by atoms with Gasteiger partial charge in [-0.2, -0.15) is 0 Å². The van der Waals surface area contributed by atoms with Crippen LogP contribution in [0, 0.1) is 0 Å². The molecule has 0 aromatic rings. The van der Waals surface area contributed by atoms with Crippen molar-refractivity contribution in [1.29, 1.82) is 0 Å². The summed E-state index contributed by atoms with van der Waals surface area (Å²) < 4.78 is 52.3. The smallest absolute Gasteiger partial charge is 0.217 e. The molecule has 0 spiro atoms. The fourth-order valence-electron chi connectivity index (χ4n) is 7.62. The Labute approximate surface area is 342 Å². The number of hydrogen-bond donors (Lipinski definition) is 15. The fourth-order valence-corrected chi connectivity index (χ4v) is 7.62. The minimum Gasteiger partial charge on any atom is -0.394 e. The predicted molar refractivity (Wildman–Crippen MR) is 187 cm³/mol. The molecule has 1 unspecified atom stereocenters. The monoisotopic (exact) mass is 878 g/mol. The van der Waals surface area contributed by atoms with Crippen LogP contribution in [-0.2, 0) is 52.2 Å². The van der Waals surface area contributed by atoms with Crippen molar-refractivity contribution in [3.8, 4) is 0 Å². The molecule has 5 rings (SSSR count). The molecule has 26 nitrogen and oxygen atoms in total. The quantitative estimate of drug-likeness (QED) is 0.0817. The van der Waals surface area contributed by atoms with Crippen LogP contribution in [-0.4, -0.2) is 251 Å². The summed E-state index contributed by atoms with van der Waals surface area (Å²) in [7, 11) is 0. The van der Waals surface area contributed by atoms with Crippen LogP contribution in [0.2, 0.25) is 0 Å². The molecule has 0 aromatic carbocycles. The second kappa shape index (κ2) is 20.7. The second-order valence-electron chi connectivity index (χ2n) is 15.4. The van der Waals surface area contributed by atoms with Crippen LogP contribution in [0.5, 0.6) is 0 Å². The van der Waals surface area contributed by atoms with Crippen LogP contribution in [0.3, 0.4) is 0 Å². The van der Waals surface area contributed by atoms with Crippen LogP contribution < -0.4 is 10.6 Å². The zero-order valence-corrected chi connectivity index (χ0v) is 32.9. The summed E-state index contributed by atoms with van der Waals surface area (Å²) in [5, 5.41) is 142. The van der Waals surface area contributed by atoms with Crippen molar-refractivity contribution in [2.75, 3.05) is 19.8 Å². The second-order valence-corrected chi connectivity index (χ2v) is 15.4. The van der Waals surface area contributed by atoms with Gasteiger partial charge in [-0.05, 0) is 13.8 Å². The molecule has 348 valence electrons. The lowest BCUT2D eigenvalue weighted by atomic mass is 9.93. The van der Waals surface area contributed by atoms with Gasteiger partial charge in [0.15, 0.2) is 31.5 Å². The molecule has 5 saturated heterocycles. The SMILES string of the molecule is CC(=O)N[C@H]1[C@H](O[C@H]2[C@H](O[C@@H]3O[C@@H](C)[C@@H](O)[C@@H](O)[C@@H]3O)[C@@H](NC(C)=O)C(O)O[C@@H]2CO[C@@H]2O[C@@H](C)[C@@H](O)[C@@H](O)[C@@H]2O)O[C@H](CO)[C@@H](O[C@@H]2O[C@H](CO)[C@@H](O)[C@H](O)[C@@H]2O)[C@@H]1O. The Kier molecular flexibility index (Phi) is 16.9. The first-order valence-corrected chi connectivity index (χ1v) is 19.3. The Bertz CT molecular complexity index is 1400. The number of hydrogen-bond acceptors (Lipinski definition) is 24. The Hall–Kier alpha value is -1.94. The number of carbonyl (C=O) groups is 2. The van der Waals surface area contributed by atoms with Gasteiger partial charge in [-0.15, -0.1) is 0 Å². The van der Waals surface area contributed by atoms with Gasteiger partial charge < -0.3 is 120 Å². The number of rotatable bonds is 13. The van der Waals surface area contributed by atoms with E-state index in [0.717, 1.165) is 13.8 Å². The minimum atomic E-state index is -1.99. The van der Waals surface area contributed by atoms with Gasteiger partial charge in [0.1, 0.15) is 110 Å². The first-order chi connectivity index (χ1) is 28.2. The maximum Gasteiger partial charge on any atom is 0.217 e. The Balaban J connectivity index is 1.51. The minimum absolute atomic E-state index is 0.732. The van der Waals surface area contributed by atoms with E-state index >= 15 is 0 Å². The van der Waals surface area contributed by atoms with E-state index in [1.54, 1.807) is 0 Å². The highest BCUT2D eigenvalue weighted by molar-refractivity contribution is 5.73. The summed E-state index contributed by atoms with van der Waals surface area (Å²) in [5.41, 5.74) is 0. The number of nitrogens with one attached hydrogen (secondary N) is 2. The van der Waals surface area contributed by atoms with Gasteiger partial charge in [0.2, 0.25) is 11.8 Å². The topological polar surface area (TPSA) is 404 Å². The highest BCUT2D eigenvalue weighted by atomic mass is 16.8. The molecule has 0 radical (unpaired) electrons. The summed E-state index contributed by atoms with van der Waals surface area (Å²) in [6.45, 7) is 2.32. The lowest BCUT2D eigenvalue weighted by Crippen LogP contribution is -2.71. The molecule has 5 aliphatic rings. The summed E-state index contributed by atoms with van der Waals surface area (Å²) >= 11 is 0. The van der Waals surface area contributed by atoms with Crippen molar-refractivity contribution in [2.24, 2.45) is 0 Å². The zero-order chi connectivity index (χ0) is 44.5. The number of aliphatic hydroxyl groups is 13. The highest BCUT2D eigenvalue weighted by Gasteiger charge is 2.56. The lowest BCUT2D eigenvalue weighted by Gasteiger charge is -2.51. The largest absolute Gasteiger partial charge is 0.394 e. The fraction of sp³-hybridized carbons (Fsp3) is 0.941. The lowest BCUT2D eigenvalue weighted by molar-refractivity contribution is -0.377. The van der Waals surface area contributed by atoms with Crippen LogP contribution in [0.15, 0.2) is 0 Å². The number of carbonyl (C=O) groups excluding carboxylic acids is 2. The molecule has 0 aromatic heterocycles. The maximum atomic E-state index is 12.6. The molecule has 15 N–H and O–H groups in total. The Morgan fingerprint density at radius 1 is 0.467 bits per heavy atom. The van der Waals surface area contributed by atoms with E-state index in [2.05, 4.69) is 10.6 Å². The molecule has 2 amide bonds. The first-order valence-electron chi connectivity index (χ1n) is 19.3. The van der Waals surface area contributed by atoms with Crippen molar-refractivity contribution in [3.05, 3.63) is 0 Å². The molecule has 0 bridgehead atoms. The van der Waals surface area contributed by atoms with Gasteiger partial charge in [-0.1, -0.05) is 0 Å². The van der Waals surface area contributed by atoms with Crippen molar-refractivity contribution in [1.82, 2.24) is 10.6 Å². The molecule has 25 atom stereocenters. The van der Waals surface area contributed by atoms with Gasteiger partial charge in [-0.3, -0.25) is 9.59 Å². The van der Waals surface area contributed by atoms with Gasteiger partial charge >= 0.3 is 0 Å². The molecule has 0 aliphatic carbocycles. The van der Waals surface area contributed by atoms with E-state index in [1.165, 1.54) is 13.8 Å². The van der Waals surface area contributed by atoms with E-state index in [9.17, 15) is 76.0 Å². The standard InChI is InChI=1S/C34H58N2O24/c1-8-17(41)21(45)24(48)32(53-8)52-7-14-28(29(16(30(51)55-14)36-11(4)40)60-33-25(49)22(46)18(42)9(2)54-33)59-31-15(35-10(3)39)20(44)27(13(6-38)57-31)58-34-26(50)23(47)19(43)12(5-37)56-34/h8-9,12-34,37-38,41-51H,5-7H2,1-4H3,(H,35,39)(H,36,40)/t8-,9-,12+,13+,14+,15+,16+,17+,18+,19+,20+,21+,22+,23-,24-,25-,26-,27+,28+,29+,30?,31-,32+,33-,34-/m0/s1. The summed E-state index contributed by atoms with van der Waals surface area (Å²) in [6.07, 6.45) is -39.3. The number of aliphatic hydroxyl groups excluding tert-OH is 13. The molecule has 26 heteroatoms. The van der Waals surface area contributed by atoms with Gasteiger partial charge in [0, 0.05) is 13.8 Å². The molecule has 5 fully saturated rings. The summed E-state index contributed by atoms with van der Waals surface area (Å²) in [6, 6.07) is -3.32. The van der Waals surface area contributed by atoms with E-state index in [0.29, 0.717) is 0 Å². The number of amides is 2. The van der Waals surface area contributed by atoms with Gasteiger partial charge in [0.05, 0.1) is 32.0 Å². The van der Waals surface area contributed by atoms with E-state index in [4.69, 9.17) is 42.6 Å². The van der Waals surface area contributed by atoms with Gasteiger partial charge in [-0.25, -0.2) is 0 Å². The third-order valence-electron chi connectivity index (χ3n) is 11.0. The van der Waals surface area contributed by atoms with E-state index in [-0.39, 0.29) is 0 Å². The molecule has 5 heterocycles. The average Bonchev–Trinajstić information content (AvgIpc) is 3.20. The maximum absolute atomic E-state index is 12.6. The summed E-state index contributed by atoms with van der Waals surface area (Å²) in [4.78, 5) is 25.1. The summed E-state index contributed by atoms with van der Waals surface area (Å²) in [5.74, 6) is -1.55. The molecular formula is C34H58N2O24. The van der Waals surface area contributed by atoms with E-state index < -0.39 is 185 Å². The molecule has 5 aliphatic heterocycles. The average molecular weight is 879 g/mol. The number of ether oxygens (including phenoxy) is 9. The first kappa shape index (κ1) is 49.1.